The van der Waals surface area contributed by atoms with Crippen molar-refractivity contribution in [1.29, 1.82) is 0 Å². The second-order valence-corrected chi connectivity index (χ2v) is 7.11. The van der Waals surface area contributed by atoms with Crippen LogP contribution in [0.4, 0.5) is 0 Å². The molecular formula is C24H23N3O2. The fourth-order valence-electron chi connectivity index (χ4n) is 3.39. The van der Waals surface area contributed by atoms with Crippen molar-refractivity contribution in [3.63, 3.8) is 0 Å². The summed E-state index contributed by atoms with van der Waals surface area (Å²) in [4.78, 5) is 15.1. The average Bonchev–Trinajstić information content (AvgIpc) is 3.38. The molecule has 0 fully saturated rings. The molecule has 0 aliphatic heterocycles. The number of carbonyl (C=O) groups excluding carboxylic acids is 1. The van der Waals surface area contributed by atoms with E-state index in [9.17, 15) is 4.79 Å². The quantitative estimate of drug-likeness (QED) is 0.478. The van der Waals surface area contributed by atoms with Crippen LogP contribution in [0.2, 0.25) is 0 Å². The van der Waals surface area contributed by atoms with Crippen LogP contribution in [-0.4, -0.2) is 20.6 Å². The summed E-state index contributed by atoms with van der Waals surface area (Å²) < 4.78 is 6.93. The summed E-state index contributed by atoms with van der Waals surface area (Å²) in [5, 5.41) is 4.38. The fourth-order valence-corrected chi connectivity index (χ4v) is 3.39. The minimum atomic E-state index is -0.0993. The van der Waals surface area contributed by atoms with Gasteiger partial charge in [0.1, 0.15) is 0 Å². The maximum Gasteiger partial charge on any atom is 0.274 e. The van der Waals surface area contributed by atoms with Gasteiger partial charge in [-0.1, -0.05) is 54.6 Å². The summed E-state index contributed by atoms with van der Waals surface area (Å²) in [5.74, 6) is -0.0993. The number of hydrogen-bond donors (Lipinski definition) is 0. The molecule has 29 heavy (non-hydrogen) atoms. The number of amides is 1. The van der Waals surface area contributed by atoms with Crippen molar-refractivity contribution in [2.45, 2.75) is 20.0 Å². The van der Waals surface area contributed by atoms with Crippen molar-refractivity contribution >= 4 is 5.91 Å². The van der Waals surface area contributed by atoms with Gasteiger partial charge in [-0.3, -0.25) is 9.48 Å². The molecule has 4 rings (SSSR count). The predicted molar refractivity (Wildman–Crippen MR) is 112 cm³/mol. The Balaban J connectivity index is 1.68. The molecule has 2 heterocycles. The average molecular weight is 385 g/mol. The second kappa shape index (κ2) is 8.19. The molecule has 5 heteroatoms. The van der Waals surface area contributed by atoms with Gasteiger partial charge < -0.3 is 9.32 Å². The Bertz CT molecular complexity index is 1080. The van der Waals surface area contributed by atoms with Crippen molar-refractivity contribution in [2.75, 3.05) is 0 Å². The number of benzene rings is 2. The van der Waals surface area contributed by atoms with E-state index >= 15 is 0 Å². The third kappa shape index (κ3) is 4.14. The van der Waals surface area contributed by atoms with Gasteiger partial charge in [0.15, 0.2) is 5.69 Å². The fraction of sp³-hybridized carbons (Fsp3) is 0.167. The highest BCUT2D eigenvalue weighted by Gasteiger charge is 2.21. The van der Waals surface area contributed by atoms with Crippen LogP contribution in [0.1, 0.15) is 27.3 Å². The number of carbonyl (C=O) groups is 1. The number of furan rings is 1. The van der Waals surface area contributed by atoms with Gasteiger partial charge in [0.2, 0.25) is 0 Å². The highest BCUT2D eigenvalue weighted by molar-refractivity contribution is 5.92. The first-order chi connectivity index (χ1) is 14.1. The van der Waals surface area contributed by atoms with Crippen molar-refractivity contribution < 1.29 is 9.21 Å². The normalized spacial score (nSPS) is 10.8. The van der Waals surface area contributed by atoms with Crippen LogP contribution in [-0.2, 0) is 20.1 Å². The lowest BCUT2D eigenvalue weighted by molar-refractivity contribution is 0.0723. The molecule has 0 radical (unpaired) electrons. The van der Waals surface area contributed by atoms with E-state index in [0.717, 1.165) is 27.9 Å². The minimum Gasteiger partial charge on any atom is -0.472 e. The predicted octanol–water partition coefficient (Wildman–Crippen LogP) is 4.83. The topological polar surface area (TPSA) is 51.3 Å². The molecule has 2 aromatic carbocycles. The van der Waals surface area contributed by atoms with Gasteiger partial charge in [-0.2, -0.15) is 5.10 Å². The highest BCUT2D eigenvalue weighted by Crippen LogP contribution is 2.25. The van der Waals surface area contributed by atoms with E-state index in [-0.39, 0.29) is 5.91 Å². The molecule has 1 amide bonds. The van der Waals surface area contributed by atoms with Crippen LogP contribution in [0.15, 0.2) is 83.7 Å². The zero-order valence-corrected chi connectivity index (χ0v) is 16.6. The summed E-state index contributed by atoms with van der Waals surface area (Å²) in [6.07, 6.45) is 3.30. The molecule has 2 aromatic heterocycles. The summed E-state index contributed by atoms with van der Waals surface area (Å²) in [5.41, 5.74) is 5.68. The first-order valence-corrected chi connectivity index (χ1v) is 9.56. The van der Waals surface area contributed by atoms with Crippen molar-refractivity contribution in [2.24, 2.45) is 7.05 Å². The molecule has 0 saturated heterocycles. The van der Waals surface area contributed by atoms with Crippen LogP contribution in [0.5, 0.6) is 0 Å². The zero-order valence-electron chi connectivity index (χ0n) is 16.6. The molecule has 0 atom stereocenters. The summed E-state index contributed by atoms with van der Waals surface area (Å²) in [7, 11) is 1.84. The van der Waals surface area contributed by atoms with E-state index in [0.29, 0.717) is 18.8 Å². The van der Waals surface area contributed by atoms with Crippen LogP contribution in [0.3, 0.4) is 0 Å². The van der Waals surface area contributed by atoms with Gasteiger partial charge in [0.05, 0.1) is 12.5 Å². The Kier molecular flexibility index (Phi) is 5.29. The van der Waals surface area contributed by atoms with E-state index < -0.39 is 0 Å². The first kappa shape index (κ1) is 18.7. The molecule has 4 aromatic rings. The Morgan fingerprint density at radius 3 is 2.48 bits per heavy atom. The van der Waals surface area contributed by atoms with Gasteiger partial charge in [0.25, 0.3) is 5.91 Å². The number of aryl methyl sites for hydroxylation is 2. The summed E-state index contributed by atoms with van der Waals surface area (Å²) in [6.45, 7) is 2.87. The Morgan fingerprint density at radius 2 is 1.79 bits per heavy atom. The van der Waals surface area contributed by atoms with Gasteiger partial charge in [-0.05, 0) is 35.7 Å². The van der Waals surface area contributed by atoms with Crippen molar-refractivity contribution in [3.05, 3.63) is 102 Å². The van der Waals surface area contributed by atoms with Gasteiger partial charge in [-0.15, -0.1) is 0 Å². The van der Waals surface area contributed by atoms with Crippen LogP contribution in [0, 0.1) is 6.92 Å². The molecule has 5 nitrogen and oxygen atoms in total. The molecular weight excluding hydrogens is 362 g/mol. The zero-order chi connectivity index (χ0) is 20.2. The minimum absolute atomic E-state index is 0.0993. The highest BCUT2D eigenvalue weighted by atomic mass is 16.3. The van der Waals surface area contributed by atoms with Gasteiger partial charge in [0, 0.05) is 31.4 Å². The number of rotatable bonds is 6. The Labute approximate surface area is 170 Å². The first-order valence-electron chi connectivity index (χ1n) is 9.56. The molecule has 0 bridgehead atoms. The number of nitrogens with zero attached hydrogens (tertiary/aromatic N) is 3. The molecule has 0 saturated carbocycles. The van der Waals surface area contributed by atoms with E-state index in [2.05, 4.69) is 29.4 Å². The van der Waals surface area contributed by atoms with E-state index in [1.165, 1.54) is 0 Å². The van der Waals surface area contributed by atoms with Gasteiger partial charge >= 0.3 is 0 Å². The molecule has 0 unspecified atom stereocenters. The van der Waals surface area contributed by atoms with E-state index in [1.54, 1.807) is 17.2 Å². The molecule has 0 aliphatic rings. The maximum absolute atomic E-state index is 13.3. The third-order valence-corrected chi connectivity index (χ3v) is 5.04. The maximum atomic E-state index is 13.3. The number of hydrogen-bond acceptors (Lipinski definition) is 3. The lowest BCUT2D eigenvalue weighted by atomic mass is 9.99. The standard InChI is InChI=1S/C24H23N3O2/c1-18-14-23(25-26(18)2)24(28)27(15-19-12-13-29-17-19)16-21-10-6-7-11-22(21)20-8-4-3-5-9-20/h3-14,17H,15-16H2,1-2H3. The van der Waals surface area contributed by atoms with Crippen LogP contribution >= 0.6 is 0 Å². The van der Waals surface area contributed by atoms with Gasteiger partial charge in [-0.25, -0.2) is 0 Å². The van der Waals surface area contributed by atoms with Crippen LogP contribution in [0.25, 0.3) is 11.1 Å². The monoisotopic (exact) mass is 385 g/mol. The Hall–Kier alpha value is -3.60. The largest absolute Gasteiger partial charge is 0.472 e. The van der Waals surface area contributed by atoms with E-state index in [4.69, 9.17) is 4.42 Å². The molecule has 0 aliphatic carbocycles. The number of aromatic nitrogens is 2. The lowest BCUT2D eigenvalue weighted by Gasteiger charge is -2.23. The van der Waals surface area contributed by atoms with Crippen LogP contribution < -0.4 is 0 Å². The third-order valence-electron chi connectivity index (χ3n) is 5.04. The summed E-state index contributed by atoms with van der Waals surface area (Å²) in [6, 6.07) is 22.1. The molecule has 0 N–H and O–H groups in total. The Morgan fingerprint density at radius 1 is 1.03 bits per heavy atom. The molecule has 0 spiro atoms. The smallest absolute Gasteiger partial charge is 0.274 e. The van der Waals surface area contributed by atoms with Crippen molar-refractivity contribution in [3.8, 4) is 11.1 Å². The second-order valence-electron chi connectivity index (χ2n) is 7.11. The lowest BCUT2D eigenvalue weighted by Crippen LogP contribution is -2.30. The van der Waals surface area contributed by atoms with E-state index in [1.807, 2.05) is 61.3 Å². The SMILES string of the molecule is Cc1cc(C(=O)N(Cc2ccoc2)Cc2ccccc2-c2ccccc2)nn1C. The molecule has 146 valence electrons. The summed E-state index contributed by atoms with van der Waals surface area (Å²) >= 11 is 0. The van der Waals surface area contributed by atoms with Crippen molar-refractivity contribution in [1.82, 2.24) is 14.7 Å².